The quantitative estimate of drug-likeness (QED) is 0.146. The number of aliphatic hydroxyl groups excluding tert-OH is 2. The SMILES string of the molecule is CO[C@H]1C[C@@H]2CC[C@@H](C)[C@@](O)(O2)C(=O)C(=O)N2CCCC[C@H]2C(=O)O[C@H]([C@H](C)C[C@H]2CC[C@@H](O)[C@H](OC)C2)CC(=O)[C@H](C)/C=C(/C)[C@@H](O)[C@@H](OC)C(=O)[C@H](C)C[C@H](C)CCCC/C=C\1C. The average molecular weight is 918 g/mol. The molecule has 0 radical (unpaired) electrons. The summed E-state index contributed by atoms with van der Waals surface area (Å²) in [7, 11) is 4.59. The molecule has 1 saturated carbocycles. The second kappa shape index (κ2) is 25.5. The van der Waals surface area contributed by atoms with Crippen molar-refractivity contribution >= 4 is 29.2 Å². The van der Waals surface area contributed by atoms with Crippen LogP contribution in [0.3, 0.4) is 0 Å². The molecule has 65 heavy (non-hydrogen) atoms. The number of ether oxygens (including phenoxy) is 5. The smallest absolute Gasteiger partial charge is 0.329 e. The van der Waals surface area contributed by atoms with Crippen LogP contribution in [0, 0.1) is 35.5 Å². The van der Waals surface area contributed by atoms with Crippen molar-refractivity contribution in [3.63, 3.8) is 0 Å². The van der Waals surface area contributed by atoms with Crippen molar-refractivity contribution in [1.29, 1.82) is 0 Å². The highest BCUT2D eigenvalue weighted by atomic mass is 16.6. The van der Waals surface area contributed by atoms with E-state index in [1.807, 2.05) is 20.8 Å². The molecule has 2 bridgehead atoms. The maximum absolute atomic E-state index is 14.4. The highest BCUT2D eigenvalue weighted by molar-refractivity contribution is 6.39. The highest BCUT2D eigenvalue weighted by Crippen LogP contribution is 2.38. The number of ketones is 3. The Labute approximate surface area is 388 Å². The Bertz CT molecular complexity index is 1660. The highest BCUT2D eigenvalue weighted by Gasteiger charge is 2.53. The van der Waals surface area contributed by atoms with E-state index in [1.54, 1.807) is 41.1 Å². The fourth-order valence-corrected chi connectivity index (χ4v) is 10.7. The van der Waals surface area contributed by atoms with Gasteiger partial charge in [-0.05, 0) is 120 Å². The minimum atomic E-state index is -2.40. The lowest BCUT2D eigenvalue weighted by molar-refractivity contribution is -0.265. The van der Waals surface area contributed by atoms with Gasteiger partial charge in [0.2, 0.25) is 5.79 Å². The lowest BCUT2D eigenvalue weighted by atomic mass is 9.78. The van der Waals surface area contributed by atoms with Crippen LogP contribution in [0.15, 0.2) is 23.3 Å². The number of allylic oxidation sites excluding steroid dienone is 2. The number of nitrogens with zero attached hydrogens (tertiary/aromatic N) is 1. The van der Waals surface area contributed by atoms with E-state index in [0.29, 0.717) is 63.4 Å². The molecule has 14 nitrogen and oxygen atoms in total. The van der Waals surface area contributed by atoms with Crippen LogP contribution in [0.25, 0.3) is 0 Å². The van der Waals surface area contributed by atoms with E-state index in [1.165, 1.54) is 12.0 Å². The van der Waals surface area contributed by atoms with Gasteiger partial charge in [0.25, 0.3) is 11.7 Å². The number of amides is 1. The van der Waals surface area contributed by atoms with Crippen LogP contribution in [0.5, 0.6) is 0 Å². The van der Waals surface area contributed by atoms with Gasteiger partial charge in [0.1, 0.15) is 30.1 Å². The molecule has 3 N–H and O–H groups in total. The lowest BCUT2D eigenvalue weighted by Gasteiger charge is -2.42. The largest absolute Gasteiger partial charge is 0.460 e. The number of fused-ring (bicyclic) bond motifs is 3. The van der Waals surface area contributed by atoms with Gasteiger partial charge >= 0.3 is 5.97 Å². The Balaban J connectivity index is 1.67. The van der Waals surface area contributed by atoms with Gasteiger partial charge in [-0.25, -0.2) is 4.79 Å². The van der Waals surface area contributed by atoms with E-state index in [-0.39, 0.29) is 66.8 Å². The number of cyclic esters (lactones) is 1. The van der Waals surface area contributed by atoms with Gasteiger partial charge in [-0.1, -0.05) is 59.6 Å². The number of rotatable bonds is 6. The summed E-state index contributed by atoms with van der Waals surface area (Å²) in [4.78, 5) is 71.9. The number of hydrogen-bond acceptors (Lipinski definition) is 13. The molecule has 1 amide bonds. The molecule has 4 rings (SSSR count). The minimum absolute atomic E-state index is 0.0992. The van der Waals surface area contributed by atoms with Gasteiger partial charge in [-0.3, -0.25) is 19.2 Å². The summed E-state index contributed by atoms with van der Waals surface area (Å²) in [6, 6.07) is -1.13. The first kappa shape index (κ1) is 54.8. The molecule has 4 aliphatic rings. The number of carbonyl (C=O) groups excluding carboxylic acids is 5. The Morgan fingerprint density at radius 2 is 1.54 bits per heavy atom. The zero-order chi connectivity index (χ0) is 48.2. The molecule has 0 aromatic rings. The number of Topliss-reactive ketones (excluding diaryl/α,β-unsaturated/α-hetero) is 3. The second-order valence-corrected chi connectivity index (χ2v) is 20.3. The number of carbonyl (C=O) groups is 5. The van der Waals surface area contributed by atoms with Crippen molar-refractivity contribution in [3.05, 3.63) is 23.3 Å². The van der Waals surface area contributed by atoms with Crippen LogP contribution in [0.2, 0.25) is 0 Å². The summed E-state index contributed by atoms with van der Waals surface area (Å²) >= 11 is 0. The van der Waals surface area contributed by atoms with Gasteiger partial charge in [-0.2, -0.15) is 0 Å². The van der Waals surface area contributed by atoms with Gasteiger partial charge in [0.15, 0.2) is 5.78 Å². The molecule has 3 aliphatic heterocycles. The van der Waals surface area contributed by atoms with E-state index in [0.717, 1.165) is 37.7 Å². The number of methoxy groups -OCH3 is 3. The summed E-state index contributed by atoms with van der Waals surface area (Å²) in [5.41, 5.74) is 1.41. The summed E-state index contributed by atoms with van der Waals surface area (Å²) < 4.78 is 29.5. The molecule has 0 spiro atoms. The van der Waals surface area contributed by atoms with Crippen molar-refractivity contribution in [2.24, 2.45) is 35.5 Å². The van der Waals surface area contributed by atoms with Crippen LogP contribution in [-0.2, 0) is 47.7 Å². The van der Waals surface area contributed by atoms with E-state index in [2.05, 4.69) is 13.0 Å². The van der Waals surface area contributed by atoms with Gasteiger partial charge in [0, 0.05) is 58.5 Å². The number of piperidine rings is 1. The van der Waals surface area contributed by atoms with Gasteiger partial charge in [0.05, 0.1) is 24.4 Å². The zero-order valence-electron chi connectivity index (χ0n) is 41.1. The number of aliphatic hydroxyl groups is 3. The Morgan fingerprint density at radius 1 is 0.831 bits per heavy atom. The van der Waals surface area contributed by atoms with E-state index in [9.17, 15) is 39.3 Å². The van der Waals surface area contributed by atoms with Crippen molar-refractivity contribution in [1.82, 2.24) is 4.90 Å². The number of hydrogen-bond donors (Lipinski definition) is 3. The van der Waals surface area contributed by atoms with E-state index < -0.39 is 71.8 Å². The van der Waals surface area contributed by atoms with Crippen molar-refractivity contribution in [3.8, 4) is 0 Å². The fraction of sp³-hybridized carbons (Fsp3) is 0.824. The first-order chi connectivity index (χ1) is 30.7. The maximum Gasteiger partial charge on any atom is 0.329 e. The number of esters is 1. The molecule has 0 aromatic carbocycles. The first-order valence-corrected chi connectivity index (χ1v) is 24.6. The topological polar surface area (TPSA) is 195 Å². The standard InChI is InChI=1S/C51H83NO13/c1-30-16-12-11-13-17-31(2)42(61-8)28-38-21-19-36(7)51(60,65-38)48(57)49(58)52-23-15-14-18-39(52)50(59)64-43(33(4)26-37-20-22-40(53)44(27-37)62-9)29-41(54)32(3)25-35(6)46(56)47(63-10)45(55)34(5)24-30/h17,25,30,32-34,36-40,42-44,46-47,53,56,60H,11-16,18-24,26-29H2,1-10H3/b31-17-,35-25-/t30-,32-,33-,34-,36-,37-,38+,39+,40-,42+,43+,44-,46-,47+,51-/m1/s1. The molecule has 3 heterocycles. The van der Waals surface area contributed by atoms with E-state index in [4.69, 9.17) is 23.7 Å². The molecule has 0 aromatic heterocycles. The molecule has 15 atom stereocenters. The zero-order valence-corrected chi connectivity index (χ0v) is 41.1. The molecule has 1 aliphatic carbocycles. The molecular weight excluding hydrogens is 835 g/mol. The third-order valence-electron chi connectivity index (χ3n) is 15.1. The molecular formula is C51H83NO13. The Kier molecular flexibility index (Phi) is 21.5. The summed E-state index contributed by atoms with van der Waals surface area (Å²) in [5, 5.41) is 33.9. The van der Waals surface area contributed by atoms with Gasteiger partial charge < -0.3 is 43.9 Å². The Hall–Kier alpha value is -2.85. The average Bonchev–Trinajstić information content (AvgIpc) is 3.28. The second-order valence-electron chi connectivity index (χ2n) is 20.3. The van der Waals surface area contributed by atoms with Crippen molar-refractivity contribution in [2.45, 2.75) is 206 Å². The molecule has 0 unspecified atom stereocenters. The normalized spacial score (nSPS) is 39.9. The summed E-state index contributed by atoms with van der Waals surface area (Å²) in [6.07, 6.45) is 7.89. The maximum atomic E-state index is 14.4. The molecule has 2 saturated heterocycles. The molecule has 370 valence electrons. The Morgan fingerprint density at radius 3 is 2.22 bits per heavy atom. The summed E-state index contributed by atoms with van der Waals surface area (Å²) in [5.74, 6) is -7.47. The monoisotopic (exact) mass is 918 g/mol. The van der Waals surface area contributed by atoms with Crippen molar-refractivity contribution < 1.29 is 63.0 Å². The van der Waals surface area contributed by atoms with Gasteiger partial charge in [-0.15, -0.1) is 0 Å². The lowest BCUT2D eigenvalue weighted by Crippen LogP contribution is -2.61. The van der Waals surface area contributed by atoms with Crippen LogP contribution in [0.1, 0.15) is 151 Å². The third kappa shape index (κ3) is 14.6. The first-order valence-electron chi connectivity index (χ1n) is 24.6. The predicted octanol–water partition coefficient (Wildman–Crippen LogP) is 6.63. The van der Waals surface area contributed by atoms with Crippen LogP contribution >= 0.6 is 0 Å². The fourth-order valence-electron chi connectivity index (χ4n) is 10.7. The van der Waals surface area contributed by atoms with Crippen LogP contribution in [0.4, 0.5) is 0 Å². The minimum Gasteiger partial charge on any atom is -0.460 e. The third-order valence-corrected chi connectivity index (χ3v) is 15.1. The van der Waals surface area contributed by atoms with Crippen LogP contribution in [-0.4, -0.2) is 132 Å². The molecule has 14 heteroatoms. The van der Waals surface area contributed by atoms with E-state index >= 15 is 0 Å². The predicted molar refractivity (Wildman–Crippen MR) is 245 cm³/mol. The van der Waals surface area contributed by atoms with Crippen LogP contribution < -0.4 is 0 Å². The molecule has 3 fully saturated rings. The summed E-state index contributed by atoms with van der Waals surface area (Å²) in [6.45, 7) is 13.1. The van der Waals surface area contributed by atoms with Crippen molar-refractivity contribution in [2.75, 3.05) is 27.9 Å².